The molecule has 2 aromatic rings. The molecule has 0 atom stereocenters. The molecule has 3 nitrogen and oxygen atoms in total. The minimum absolute atomic E-state index is 0.0718. The van der Waals surface area contributed by atoms with Crippen molar-refractivity contribution in [2.75, 3.05) is 11.5 Å². The van der Waals surface area contributed by atoms with Crippen molar-refractivity contribution >= 4 is 22.5 Å². The van der Waals surface area contributed by atoms with Gasteiger partial charge in [-0.15, -0.1) is 0 Å². The minimum Gasteiger partial charge on any atom is -0.457 e. The molecule has 22 heavy (non-hydrogen) atoms. The van der Waals surface area contributed by atoms with Gasteiger partial charge in [-0.2, -0.15) is 12.6 Å². The summed E-state index contributed by atoms with van der Waals surface area (Å²) in [5.74, 6) is 1.91. The molecule has 0 N–H and O–H groups in total. The monoisotopic (exact) mass is 336 g/mol. The highest BCUT2D eigenvalue weighted by molar-refractivity contribution is 7.91. The SMILES string of the molecule is CC(C)(CS)CS(=O)(=O)c1ccc(Oc2ccccc2)cc1. The first kappa shape index (κ1) is 16.9. The lowest BCUT2D eigenvalue weighted by Gasteiger charge is -2.21. The number of benzene rings is 2. The molecule has 0 amide bonds. The molecule has 0 aliphatic heterocycles. The molecular weight excluding hydrogens is 316 g/mol. The molecule has 0 bridgehead atoms. The van der Waals surface area contributed by atoms with Crippen LogP contribution in [0.2, 0.25) is 0 Å². The third-order valence-corrected chi connectivity index (χ3v) is 6.18. The van der Waals surface area contributed by atoms with Gasteiger partial charge in [0.1, 0.15) is 11.5 Å². The smallest absolute Gasteiger partial charge is 0.178 e. The fourth-order valence-electron chi connectivity index (χ4n) is 1.98. The summed E-state index contributed by atoms with van der Waals surface area (Å²) in [5, 5.41) is 0. The summed E-state index contributed by atoms with van der Waals surface area (Å²) in [5.41, 5.74) is -0.360. The number of para-hydroxylation sites is 1. The van der Waals surface area contributed by atoms with Crippen LogP contribution in [0, 0.1) is 5.41 Å². The maximum Gasteiger partial charge on any atom is 0.178 e. The summed E-state index contributed by atoms with van der Waals surface area (Å²) in [6.45, 7) is 3.79. The van der Waals surface area contributed by atoms with E-state index in [1.54, 1.807) is 24.3 Å². The van der Waals surface area contributed by atoms with E-state index < -0.39 is 9.84 Å². The quantitative estimate of drug-likeness (QED) is 0.804. The van der Waals surface area contributed by atoms with Crippen LogP contribution in [0.4, 0.5) is 0 Å². The lowest BCUT2D eigenvalue weighted by Crippen LogP contribution is -2.25. The lowest BCUT2D eigenvalue weighted by molar-refractivity contribution is 0.472. The molecule has 0 saturated carbocycles. The van der Waals surface area contributed by atoms with Gasteiger partial charge in [0.25, 0.3) is 0 Å². The number of ether oxygens (including phenoxy) is 1. The zero-order valence-corrected chi connectivity index (χ0v) is 14.4. The number of thiol groups is 1. The van der Waals surface area contributed by atoms with Gasteiger partial charge in [0.2, 0.25) is 0 Å². The van der Waals surface area contributed by atoms with E-state index >= 15 is 0 Å². The molecule has 2 rings (SSSR count). The molecular formula is C17H20O3S2. The van der Waals surface area contributed by atoms with Crippen molar-refractivity contribution < 1.29 is 13.2 Å². The van der Waals surface area contributed by atoms with E-state index in [9.17, 15) is 8.42 Å². The van der Waals surface area contributed by atoms with Crippen LogP contribution in [0.1, 0.15) is 13.8 Å². The number of rotatable bonds is 6. The van der Waals surface area contributed by atoms with Crippen molar-refractivity contribution in [3.63, 3.8) is 0 Å². The van der Waals surface area contributed by atoms with Crippen molar-refractivity contribution in [2.24, 2.45) is 5.41 Å². The highest BCUT2D eigenvalue weighted by Crippen LogP contribution is 2.26. The predicted molar refractivity (Wildman–Crippen MR) is 92.6 cm³/mol. The summed E-state index contributed by atoms with van der Waals surface area (Å²) >= 11 is 4.21. The van der Waals surface area contributed by atoms with Gasteiger partial charge in [-0.3, -0.25) is 0 Å². The molecule has 0 radical (unpaired) electrons. The fourth-order valence-corrected chi connectivity index (χ4v) is 4.09. The molecule has 0 heterocycles. The maximum atomic E-state index is 12.4. The van der Waals surface area contributed by atoms with Gasteiger partial charge in [0.05, 0.1) is 10.6 Å². The van der Waals surface area contributed by atoms with Crippen molar-refractivity contribution in [1.82, 2.24) is 0 Å². The van der Waals surface area contributed by atoms with Crippen LogP contribution in [0.15, 0.2) is 59.5 Å². The molecule has 0 aliphatic carbocycles. The normalized spacial score (nSPS) is 12.1. The molecule has 0 spiro atoms. The van der Waals surface area contributed by atoms with E-state index in [-0.39, 0.29) is 11.2 Å². The Bertz CT molecular complexity index is 705. The molecule has 118 valence electrons. The van der Waals surface area contributed by atoms with Crippen molar-refractivity contribution in [3.05, 3.63) is 54.6 Å². The second kappa shape index (κ2) is 6.75. The second-order valence-corrected chi connectivity index (χ2v) is 8.27. The van der Waals surface area contributed by atoms with Gasteiger partial charge in [0, 0.05) is 0 Å². The first-order valence-electron chi connectivity index (χ1n) is 6.99. The van der Waals surface area contributed by atoms with Crippen LogP contribution in [0.3, 0.4) is 0 Å². The first-order chi connectivity index (χ1) is 10.3. The Kier molecular flexibility index (Phi) is 5.19. The van der Waals surface area contributed by atoms with Crippen molar-refractivity contribution in [1.29, 1.82) is 0 Å². The van der Waals surface area contributed by atoms with Gasteiger partial charge >= 0.3 is 0 Å². The van der Waals surface area contributed by atoms with E-state index in [2.05, 4.69) is 12.6 Å². The van der Waals surface area contributed by atoms with Crippen LogP contribution in [0.5, 0.6) is 11.5 Å². The Morgan fingerprint density at radius 3 is 2.05 bits per heavy atom. The third-order valence-electron chi connectivity index (χ3n) is 3.17. The van der Waals surface area contributed by atoms with Crippen LogP contribution in [-0.2, 0) is 9.84 Å². The van der Waals surface area contributed by atoms with E-state index in [1.807, 2.05) is 44.2 Å². The van der Waals surface area contributed by atoms with Gasteiger partial charge in [-0.25, -0.2) is 8.42 Å². The standard InChI is InChI=1S/C17H20O3S2/c1-17(2,12-21)13-22(18,19)16-10-8-15(9-11-16)20-14-6-4-3-5-7-14/h3-11,21H,12-13H2,1-2H3. The topological polar surface area (TPSA) is 43.4 Å². The second-order valence-electron chi connectivity index (χ2n) is 5.97. The van der Waals surface area contributed by atoms with E-state index in [4.69, 9.17) is 4.74 Å². The summed E-state index contributed by atoms with van der Waals surface area (Å²) in [6, 6.07) is 15.9. The average molecular weight is 336 g/mol. The molecule has 0 saturated heterocycles. The number of sulfone groups is 1. The zero-order valence-electron chi connectivity index (χ0n) is 12.7. The summed E-state index contributed by atoms with van der Waals surface area (Å²) in [7, 11) is -3.32. The molecule has 5 heteroatoms. The summed E-state index contributed by atoms with van der Waals surface area (Å²) < 4.78 is 30.5. The highest BCUT2D eigenvalue weighted by Gasteiger charge is 2.26. The van der Waals surface area contributed by atoms with Gasteiger partial charge < -0.3 is 4.74 Å². The summed E-state index contributed by atoms with van der Waals surface area (Å²) in [6.07, 6.45) is 0. The maximum absolute atomic E-state index is 12.4. The van der Waals surface area contributed by atoms with Crippen molar-refractivity contribution in [3.8, 4) is 11.5 Å². The Balaban J connectivity index is 2.15. The largest absolute Gasteiger partial charge is 0.457 e. The lowest BCUT2D eigenvalue weighted by atomic mass is 10.0. The molecule has 0 aliphatic rings. The van der Waals surface area contributed by atoms with E-state index in [0.29, 0.717) is 22.1 Å². The predicted octanol–water partition coefficient (Wildman–Crippen LogP) is 4.21. The first-order valence-corrected chi connectivity index (χ1v) is 9.27. The Morgan fingerprint density at radius 2 is 1.50 bits per heavy atom. The highest BCUT2D eigenvalue weighted by atomic mass is 32.2. The Morgan fingerprint density at radius 1 is 0.955 bits per heavy atom. The van der Waals surface area contributed by atoms with E-state index in [0.717, 1.165) is 0 Å². The van der Waals surface area contributed by atoms with Gasteiger partial charge in [-0.1, -0.05) is 32.0 Å². The fraction of sp³-hybridized carbons (Fsp3) is 0.294. The number of hydrogen-bond acceptors (Lipinski definition) is 4. The van der Waals surface area contributed by atoms with Gasteiger partial charge in [-0.05, 0) is 47.6 Å². The Hall–Kier alpha value is -1.46. The molecule has 0 fully saturated rings. The van der Waals surface area contributed by atoms with Gasteiger partial charge in [0.15, 0.2) is 9.84 Å². The average Bonchev–Trinajstić information content (AvgIpc) is 2.48. The van der Waals surface area contributed by atoms with Crippen LogP contribution in [0.25, 0.3) is 0 Å². The molecule has 2 aromatic carbocycles. The minimum atomic E-state index is -3.32. The molecule has 0 aromatic heterocycles. The van der Waals surface area contributed by atoms with Crippen LogP contribution in [-0.4, -0.2) is 19.9 Å². The molecule has 0 unspecified atom stereocenters. The van der Waals surface area contributed by atoms with Crippen molar-refractivity contribution in [2.45, 2.75) is 18.7 Å². The van der Waals surface area contributed by atoms with Crippen LogP contribution >= 0.6 is 12.6 Å². The van der Waals surface area contributed by atoms with E-state index in [1.165, 1.54) is 0 Å². The zero-order chi connectivity index (χ0) is 16.2. The Labute approximate surface area is 137 Å². The summed E-state index contributed by atoms with van der Waals surface area (Å²) in [4.78, 5) is 0.308. The van der Waals surface area contributed by atoms with Crippen LogP contribution < -0.4 is 4.74 Å². The number of hydrogen-bond donors (Lipinski definition) is 1. The third kappa shape index (κ3) is 4.52.